The van der Waals surface area contributed by atoms with Crippen LogP contribution in [0.3, 0.4) is 0 Å². The van der Waals surface area contributed by atoms with Crippen molar-refractivity contribution in [2.45, 2.75) is 6.92 Å². The van der Waals surface area contributed by atoms with Crippen molar-refractivity contribution in [2.75, 3.05) is 0 Å². The molecule has 0 saturated carbocycles. The summed E-state index contributed by atoms with van der Waals surface area (Å²) in [5, 5.41) is 2.88. The van der Waals surface area contributed by atoms with Crippen LogP contribution in [0.15, 0.2) is 39.9 Å². The minimum absolute atomic E-state index is 0.333. The second kappa shape index (κ2) is 5.02. The van der Waals surface area contributed by atoms with Gasteiger partial charge in [0.05, 0.1) is 11.2 Å². The van der Waals surface area contributed by atoms with E-state index in [0.717, 1.165) is 33.9 Å². The van der Waals surface area contributed by atoms with Crippen molar-refractivity contribution in [1.82, 2.24) is 5.32 Å². The molecule has 2 heterocycles. The number of thioether (sulfide) groups is 1. The average molecular weight is 285 g/mol. The summed E-state index contributed by atoms with van der Waals surface area (Å²) in [7, 11) is 0. The number of nitrogens with one attached hydrogen (secondary N) is 1. The highest BCUT2D eigenvalue weighted by Crippen LogP contribution is 2.28. The van der Waals surface area contributed by atoms with Crippen LogP contribution in [0.5, 0.6) is 0 Å². The zero-order valence-electron chi connectivity index (χ0n) is 10.7. The summed E-state index contributed by atoms with van der Waals surface area (Å²) in [5.41, 5.74) is 2.64. The third kappa shape index (κ3) is 2.28. The van der Waals surface area contributed by atoms with E-state index in [-0.39, 0.29) is 11.1 Å². The second-order valence-electron chi connectivity index (χ2n) is 4.30. The number of amides is 2. The summed E-state index contributed by atoms with van der Waals surface area (Å²) in [6.45, 7) is 1.94. The van der Waals surface area contributed by atoms with E-state index in [0.29, 0.717) is 4.91 Å². The van der Waals surface area contributed by atoms with Crippen molar-refractivity contribution in [3.63, 3.8) is 0 Å². The first kappa shape index (κ1) is 12.7. The minimum Gasteiger partial charge on any atom is -0.464 e. The number of benzene rings is 1. The fourth-order valence-corrected chi connectivity index (χ4v) is 2.72. The number of carbonyl (C=O) groups excluding carboxylic acids is 2. The molecule has 100 valence electrons. The smallest absolute Gasteiger partial charge is 0.290 e. The summed E-state index contributed by atoms with van der Waals surface area (Å²) >= 11 is 0.915. The number of hydrogen-bond donors (Lipinski definition) is 1. The Kier molecular flexibility index (Phi) is 3.20. The van der Waals surface area contributed by atoms with Gasteiger partial charge in [0.1, 0.15) is 5.58 Å². The molecular formula is C15H11NO3S. The number of rotatable bonds is 2. The predicted molar refractivity (Wildman–Crippen MR) is 80.0 cm³/mol. The topological polar surface area (TPSA) is 59.3 Å². The molecule has 1 N–H and O–H groups in total. The SMILES string of the molecule is CC=Cc1coc2ccc(C=C3SC(=O)NC3=O)cc12. The van der Waals surface area contributed by atoms with E-state index in [1.54, 1.807) is 12.3 Å². The van der Waals surface area contributed by atoms with E-state index in [2.05, 4.69) is 5.32 Å². The molecule has 1 aromatic carbocycles. The number of carbonyl (C=O) groups is 2. The molecule has 0 radical (unpaired) electrons. The van der Waals surface area contributed by atoms with Crippen molar-refractivity contribution in [2.24, 2.45) is 0 Å². The molecule has 0 atom stereocenters. The van der Waals surface area contributed by atoms with E-state index in [1.807, 2.05) is 37.3 Å². The molecule has 1 fully saturated rings. The Balaban J connectivity index is 2.04. The van der Waals surface area contributed by atoms with Crippen LogP contribution in [0.1, 0.15) is 18.1 Å². The summed E-state index contributed by atoms with van der Waals surface area (Å²) in [5.74, 6) is -0.346. The molecule has 5 heteroatoms. The Bertz CT molecular complexity index is 771. The first-order chi connectivity index (χ1) is 9.67. The van der Waals surface area contributed by atoms with Crippen LogP contribution in [-0.4, -0.2) is 11.1 Å². The Hall–Kier alpha value is -2.27. The third-order valence-corrected chi connectivity index (χ3v) is 3.72. The Morgan fingerprint density at radius 1 is 1.30 bits per heavy atom. The quantitative estimate of drug-likeness (QED) is 0.853. The van der Waals surface area contributed by atoms with Gasteiger partial charge < -0.3 is 4.42 Å². The normalized spacial score (nSPS) is 17.6. The summed E-state index contributed by atoms with van der Waals surface area (Å²) in [6.07, 6.45) is 7.30. The summed E-state index contributed by atoms with van der Waals surface area (Å²) in [6, 6.07) is 5.65. The highest BCUT2D eigenvalue weighted by Gasteiger charge is 2.24. The van der Waals surface area contributed by atoms with Crippen molar-refractivity contribution < 1.29 is 14.0 Å². The number of furan rings is 1. The van der Waals surface area contributed by atoms with Gasteiger partial charge in [0.2, 0.25) is 0 Å². The standard InChI is InChI=1S/C15H11NO3S/c1-2-3-10-8-19-12-5-4-9(6-11(10)12)7-13-14(17)16-15(18)20-13/h2-8H,1H3,(H,16,17,18). The molecule has 1 saturated heterocycles. The van der Waals surface area contributed by atoms with Gasteiger partial charge in [-0.1, -0.05) is 18.2 Å². The fourth-order valence-electron chi connectivity index (χ4n) is 2.04. The lowest BCUT2D eigenvalue weighted by Crippen LogP contribution is -2.17. The van der Waals surface area contributed by atoms with E-state index in [4.69, 9.17) is 4.42 Å². The second-order valence-corrected chi connectivity index (χ2v) is 5.31. The van der Waals surface area contributed by atoms with Gasteiger partial charge in [-0.3, -0.25) is 14.9 Å². The van der Waals surface area contributed by atoms with Crippen molar-refractivity contribution >= 4 is 46.0 Å². The average Bonchev–Trinajstić information content (AvgIpc) is 2.95. The van der Waals surface area contributed by atoms with Crippen LogP contribution < -0.4 is 5.32 Å². The number of imide groups is 1. The zero-order valence-corrected chi connectivity index (χ0v) is 11.5. The van der Waals surface area contributed by atoms with Gasteiger partial charge in [0.25, 0.3) is 11.1 Å². The molecule has 20 heavy (non-hydrogen) atoms. The monoisotopic (exact) mass is 285 g/mol. The zero-order chi connectivity index (χ0) is 14.1. The van der Waals surface area contributed by atoms with Crippen LogP contribution in [0.2, 0.25) is 0 Å². The highest BCUT2D eigenvalue weighted by molar-refractivity contribution is 8.18. The van der Waals surface area contributed by atoms with E-state index in [9.17, 15) is 9.59 Å². The number of hydrogen-bond acceptors (Lipinski definition) is 4. The fraction of sp³-hybridized carbons (Fsp3) is 0.0667. The molecule has 4 nitrogen and oxygen atoms in total. The summed E-state index contributed by atoms with van der Waals surface area (Å²) in [4.78, 5) is 23.1. The van der Waals surface area contributed by atoms with Gasteiger partial charge in [0, 0.05) is 10.9 Å². The molecule has 2 aromatic rings. The van der Waals surface area contributed by atoms with Crippen LogP contribution in [0.25, 0.3) is 23.1 Å². The molecule has 0 aliphatic carbocycles. The molecule has 1 aliphatic heterocycles. The Morgan fingerprint density at radius 3 is 2.85 bits per heavy atom. The molecule has 1 aliphatic rings. The number of allylic oxidation sites excluding steroid dienone is 1. The molecule has 3 rings (SSSR count). The maximum absolute atomic E-state index is 11.5. The van der Waals surface area contributed by atoms with Crippen molar-refractivity contribution in [3.05, 3.63) is 46.6 Å². The van der Waals surface area contributed by atoms with E-state index >= 15 is 0 Å². The molecule has 0 unspecified atom stereocenters. The molecule has 2 amide bonds. The van der Waals surface area contributed by atoms with Crippen LogP contribution in [-0.2, 0) is 4.79 Å². The van der Waals surface area contributed by atoms with Gasteiger partial charge in [0.15, 0.2) is 0 Å². The predicted octanol–water partition coefficient (Wildman–Crippen LogP) is 3.79. The first-order valence-electron chi connectivity index (χ1n) is 6.06. The largest absolute Gasteiger partial charge is 0.464 e. The van der Waals surface area contributed by atoms with Gasteiger partial charge in [-0.25, -0.2) is 0 Å². The third-order valence-electron chi connectivity index (χ3n) is 2.91. The lowest BCUT2D eigenvalue weighted by molar-refractivity contribution is -0.115. The van der Waals surface area contributed by atoms with Crippen LogP contribution >= 0.6 is 11.8 Å². The van der Waals surface area contributed by atoms with Crippen LogP contribution in [0.4, 0.5) is 4.79 Å². The van der Waals surface area contributed by atoms with Gasteiger partial charge >= 0.3 is 0 Å². The maximum Gasteiger partial charge on any atom is 0.290 e. The molecular weight excluding hydrogens is 274 g/mol. The van der Waals surface area contributed by atoms with Crippen molar-refractivity contribution in [1.29, 1.82) is 0 Å². The Morgan fingerprint density at radius 2 is 2.15 bits per heavy atom. The minimum atomic E-state index is -0.346. The first-order valence-corrected chi connectivity index (χ1v) is 6.88. The van der Waals surface area contributed by atoms with E-state index in [1.165, 1.54) is 0 Å². The maximum atomic E-state index is 11.5. The molecule has 0 bridgehead atoms. The summed E-state index contributed by atoms with van der Waals surface area (Å²) < 4.78 is 5.45. The van der Waals surface area contributed by atoms with E-state index < -0.39 is 0 Å². The lowest BCUT2D eigenvalue weighted by Gasteiger charge is -1.96. The molecule has 0 spiro atoms. The number of fused-ring (bicyclic) bond motifs is 1. The van der Waals surface area contributed by atoms with Gasteiger partial charge in [-0.2, -0.15) is 0 Å². The lowest BCUT2D eigenvalue weighted by atomic mass is 10.1. The molecule has 1 aromatic heterocycles. The highest BCUT2D eigenvalue weighted by atomic mass is 32.2. The Labute approximate surface area is 119 Å². The van der Waals surface area contributed by atoms with Crippen molar-refractivity contribution in [3.8, 4) is 0 Å². The van der Waals surface area contributed by atoms with Gasteiger partial charge in [-0.15, -0.1) is 0 Å². The van der Waals surface area contributed by atoms with Crippen LogP contribution in [0, 0.1) is 0 Å². The van der Waals surface area contributed by atoms with Gasteiger partial charge in [-0.05, 0) is 42.5 Å².